The van der Waals surface area contributed by atoms with Gasteiger partial charge in [-0.25, -0.2) is 0 Å². The zero-order valence-corrected chi connectivity index (χ0v) is 13.1. The molecule has 0 bridgehead atoms. The normalized spacial score (nSPS) is 25.4. The number of methoxy groups -OCH3 is 1. The van der Waals surface area contributed by atoms with Crippen LogP contribution in [0.1, 0.15) is 52.4 Å². The van der Waals surface area contributed by atoms with E-state index >= 15 is 0 Å². The van der Waals surface area contributed by atoms with Gasteiger partial charge in [0, 0.05) is 19.8 Å². The first kappa shape index (κ1) is 16.9. The van der Waals surface area contributed by atoms with Crippen LogP contribution in [0, 0.1) is 11.8 Å². The van der Waals surface area contributed by atoms with Crippen LogP contribution in [-0.4, -0.2) is 39.5 Å². The van der Waals surface area contributed by atoms with E-state index in [1.165, 1.54) is 32.1 Å². The SMILES string of the molecule is CCNC(CCOCCOC)C1CCCCC1CC. The molecule has 19 heavy (non-hydrogen) atoms. The van der Waals surface area contributed by atoms with Crippen molar-refractivity contribution < 1.29 is 9.47 Å². The van der Waals surface area contributed by atoms with Gasteiger partial charge in [-0.3, -0.25) is 0 Å². The lowest BCUT2D eigenvalue weighted by molar-refractivity contribution is 0.0573. The Balaban J connectivity index is 2.36. The second kappa shape index (κ2) is 10.6. The van der Waals surface area contributed by atoms with E-state index in [1.54, 1.807) is 7.11 Å². The Morgan fingerprint density at radius 3 is 2.58 bits per heavy atom. The molecule has 0 spiro atoms. The Morgan fingerprint density at radius 1 is 1.11 bits per heavy atom. The molecular weight excluding hydrogens is 238 g/mol. The predicted molar refractivity (Wildman–Crippen MR) is 80.5 cm³/mol. The molecule has 0 saturated heterocycles. The molecule has 3 atom stereocenters. The van der Waals surface area contributed by atoms with Crippen LogP contribution in [0.5, 0.6) is 0 Å². The monoisotopic (exact) mass is 271 g/mol. The maximum Gasteiger partial charge on any atom is 0.0700 e. The van der Waals surface area contributed by atoms with Gasteiger partial charge in [0.25, 0.3) is 0 Å². The summed E-state index contributed by atoms with van der Waals surface area (Å²) in [5, 5.41) is 3.70. The summed E-state index contributed by atoms with van der Waals surface area (Å²) in [6, 6.07) is 0.637. The van der Waals surface area contributed by atoms with Gasteiger partial charge < -0.3 is 14.8 Å². The van der Waals surface area contributed by atoms with E-state index in [0.29, 0.717) is 12.6 Å². The highest BCUT2D eigenvalue weighted by Crippen LogP contribution is 2.35. The van der Waals surface area contributed by atoms with E-state index in [2.05, 4.69) is 19.2 Å². The molecule has 0 radical (unpaired) electrons. The van der Waals surface area contributed by atoms with Gasteiger partial charge in [0.15, 0.2) is 0 Å². The van der Waals surface area contributed by atoms with Crippen molar-refractivity contribution in [3.63, 3.8) is 0 Å². The first-order chi connectivity index (χ1) is 9.33. The molecule has 0 aromatic heterocycles. The molecule has 0 aliphatic heterocycles. The lowest BCUT2D eigenvalue weighted by atomic mass is 9.73. The largest absolute Gasteiger partial charge is 0.382 e. The van der Waals surface area contributed by atoms with E-state index in [1.807, 2.05) is 0 Å². The Bertz CT molecular complexity index is 211. The van der Waals surface area contributed by atoms with Crippen molar-refractivity contribution in [3.8, 4) is 0 Å². The zero-order chi connectivity index (χ0) is 13.9. The second-order valence-electron chi connectivity index (χ2n) is 5.67. The zero-order valence-electron chi connectivity index (χ0n) is 13.1. The van der Waals surface area contributed by atoms with Crippen molar-refractivity contribution in [3.05, 3.63) is 0 Å². The molecule has 0 aromatic carbocycles. The minimum absolute atomic E-state index is 0.637. The topological polar surface area (TPSA) is 30.5 Å². The van der Waals surface area contributed by atoms with Gasteiger partial charge in [0.05, 0.1) is 13.2 Å². The first-order valence-corrected chi connectivity index (χ1v) is 8.13. The third kappa shape index (κ3) is 6.24. The van der Waals surface area contributed by atoms with Crippen molar-refractivity contribution in [1.82, 2.24) is 5.32 Å². The molecule has 1 fully saturated rings. The first-order valence-electron chi connectivity index (χ1n) is 8.13. The second-order valence-corrected chi connectivity index (χ2v) is 5.67. The fourth-order valence-electron chi connectivity index (χ4n) is 3.46. The lowest BCUT2D eigenvalue weighted by Gasteiger charge is -2.37. The van der Waals surface area contributed by atoms with Gasteiger partial charge in [0.2, 0.25) is 0 Å². The van der Waals surface area contributed by atoms with Crippen LogP contribution in [0.3, 0.4) is 0 Å². The van der Waals surface area contributed by atoms with Crippen LogP contribution in [0.15, 0.2) is 0 Å². The van der Waals surface area contributed by atoms with Crippen LogP contribution in [-0.2, 0) is 9.47 Å². The number of ether oxygens (including phenoxy) is 2. The third-order valence-corrected chi connectivity index (χ3v) is 4.48. The highest BCUT2D eigenvalue weighted by atomic mass is 16.5. The average molecular weight is 271 g/mol. The quantitative estimate of drug-likeness (QED) is 0.619. The van der Waals surface area contributed by atoms with E-state index in [4.69, 9.17) is 9.47 Å². The van der Waals surface area contributed by atoms with Crippen LogP contribution in [0.25, 0.3) is 0 Å². The van der Waals surface area contributed by atoms with Crippen molar-refractivity contribution in [1.29, 1.82) is 0 Å². The molecule has 114 valence electrons. The minimum Gasteiger partial charge on any atom is -0.382 e. The summed E-state index contributed by atoms with van der Waals surface area (Å²) in [5.74, 6) is 1.77. The molecule has 1 aliphatic carbocycles. The fourth-order valence-corrected chi connectivity index (χ4v) is 3.46. The Hall–Kier alpha value is -0.120. The standard InChI is InChI=1S/C16H33NO2/c1-4-14-8-6-7-9-15(14)16(17-5-2)10-11-19-13-12-18-3/h14-17H,4-13H2,1-3H3. The van der Waals surface area contributed by atoms with Gasteiger partial charge in [-0.2, -0.15) is 0 Å². The summed E-state index contributed by atoms with van der Waals surface area (Å²) < 4.78 is 10.7. The third-order valence-electron chi connectivity index (χ3n) is 4.48. The maximum absolute atomic E-state index is 5.65. The summed E-state index contributed by atoms with van der Waals surface area (Å²) in [4.78, 5) is 0. The molecular formula is C16H33NO2. The average Bonchev–Trinajstić information content (AvgIpc) is 2.46. The number of hydrogen-bond donors (Lipinski definition) is 1. The summed E-state index contributed by atoms with van der Waals surface area (Å²) >= 11 is 0. The van der Waals surface area contributed by atoms with Crippen molar-refractivity contribution in [2.75, 3.05) is 33.5 Å². The van der Waals surface area contributed by atoms with E-state index in [0.717, 1.165) is 38.0 Å². The maximum atomic E-state index is 5.65. The van der Waals surface area contributed by atoms with E-state index < -0.39 is 0 Å². The van der Waals surface area contributed by atoms with E-state index in [-0.39, 0.29) is 0 Å². The molecule has 1 aliphatic rings. The van der Waals surface area contributed by atoms with Crippen LogP contribution in [0.2, 0.25) is 0 Å². The highest BCUT2D eigenvalue weighted by Gasteiger charge is 2.29. The smallest absolute Gasteiger partial charge is 0.0700 e. The molecule has 0 amide bonds. The van der Waals surface area contributed by atoms with Crippen molar-refractivity contribution >= 4 is 0 Å². The Kier molecular flexibility index (Phi) is 9.48. The molecule has 0 aromatic rings. The summed E-state index contributed by atoms with van der Waals surface area (Å²) in [6.45, 7) is 7.90. The highest BCUT2D eigenvalue weighted by molar-refractivity contribution is 4.84. The van der Waals surface area contributed by atoms with Crippen molar-refractivity contribution in [2.24, 2.45) is 11.8 Å². The molecule has 3 nitrogen and oxygen atoms in total. The van der Waals surface area contributed by atoms with Gasteiger partial charge in [0.1, 0.15) is 0 Å². The molecule has 1 saturated carbocycles. The van der Waals surface area contributed by atoms with Crippen LogP contribution >= 0.6 is 0 Å². The summed E-state index contributed by atoms with van der Waals surface area (Å²) in [5.41, 5.74) is 0. The molecule has 1 rings (SSSR count). The molecule has 0 heterocycles. The van der Waals surface area contributed by atoms with Gasteiger partial charge >= 0.3 is 0 Å². The Labute approximate surface area is 119 Å². The van der Waals surface area contributed by atoms with Crippen molar-refractivity contribution in [2.45, 2.75) is 58.4 Å². The summed E-state index contributed by atoms with van der Waals surface area (Å²) in [7, 11) is 1.72. The fraction of sp³-hybridized carbons (Fsp3) is 1.00. The molecule has 3 unspecified atom stereocenters. The van der Waals surface area contributed by atoms with Gasteiger partial charge in [-0.05, 0) is 31.2 Å². The lowest BCUT2D eigenvalue weighted by Crippen LogP contribution is -2.41. The van der Waals surface area contributed by atoms with E-state index in [9.17, 15) is 0 Å². The van der Waals surface area contributed by atoms with Crippen LogP contribution < -0.4 is 5.32 Å². The van der Waals surface area contributed by atoms with Gasteiger partial charge in [-0.15, -0.1) is 0 Å². The predicted octanol–water partition coefficient (Wildman–Crippen LogP) is 3.23. The number of rotatable bonds is 10. The number of hydrogen-bond acceptors (Lipinski definition) is 3. The summed E-state index contributed by atoms with van der Waals surface area (Å²) in [6.07, 6.45) is 8.13. The molecule has 3 heteroatoms. The van der Waals surface area contributed by atoms with Crippen LogP contribution in [0.4, 0.5) is 0 Å². The minimum atomic E-state index is 0.637. The molecule has 1 N–H and O–H groups in total. The van der Waals surface area contributed by atoms with Gasteiger partial charge in [-0.1, -0.05) is 39.5 Å². The Morgan fingerprint density at radius 2 is 1.89 bits per heavy atom. The number of nitrogens with one attached hydrogen (secondary N) is 1.